The Hall–Kier alpha value is -0.340. The summed E-state index contributed by atoms with van der Waals surface area (Å²) in [5, 5.41) is 18.4. The molecule has 1 saturated carbocycles. The molecule has 2 rings (SSSR count). The van der Waals surface area contributed by atoms with Gasteiger partial charge in [0, 0.05) is 11.8 Å². The Morgan fingerprint density at radius 3 is 1.67 bits per heavy atom. The summed E-state index contributed by atoms with van der Waals surface area (Å²) in [7, 11) is 0. The highest BCUT2D eigenvalue weighted by atomic mass is 16.3. The molecule has 0 saturated heterocycles. The molecule has 0 aromatic rings. The van der Waals surface area contributed by atoms with Crippen LogP contribution in [0, 0.1) is 11.8 Å². The van der Waals surface area contributed by atoms with Crippen molar-refractivity contribution in [2.45, 2.75) is 18.6 Å². The second-order valence-corrected chi connectivity index (χ2v) is 2.93. The molecule has 9 heavy (non-hydrogen) atoms. The zero-order valence-electron chi connectivity index (χ0n) is 5.07. The van der Waals surface area contributed by atoms with Gasteiger partial charge in [-0.3, -0.25) is 0 Å². The summed E-state index contributed by atoms with van der Waals surface area (Å²) in [6.07, 6.45) is 3.98. The Morgan fingerprint density at radius 1 is 1.00 bits per heavy atom. The highest BCUT2D eigenvalue weighted by molar-refractivity contribution is 5.14. The van der Waals surface area contributed by atoms with E-state index in [2.05, 4.69) is 0 Å². The maximum atomic E-state index is 9.19. The number of hydrogen-bond acceptors (Lipinski definition) is 2. The molecule has 2 bridgehead atoms. The molecule has 2 nitrogen and oxygen atoms in total. The number of aliphatic hydroxyl groups excluding tert-OH is 2. The van der Waals surface area contributed by atoms with Gasteiger partial charge in [-0.05, 0) is 6.42 Å². The summed E-state index contributed by atoms with van der Waals surface area (Å²) in [6, 6.07) is 0. The van der Waals surface area contributed by atoms with Crippen LogP contribution in [-0.4, -0.2) is 22.4 Å². The quantitative estimate of drug-likeness (QED) is 0.445. The average Bonchev–Trinajstić information content (AvgIpc) is 2.37. The Balaban J connectivity index is 2.26. The van der Waals surface area contributed by atoms with E-state index in [0.29, 0.717) is 0 Å². The zero-order valence-corrected chi connectivity index (χ0v) is 5.07. The van der Waals surface area contributed by atoms with Gasteiger partial charge in [0.2, 0.25) is 0 Å². The third kappa shape index (κ3) is 0.575. The van der Waals surface area contributed by atoms with Crippen molar-refractivity contribution >= 4 is 0 Å². The maximum Gasteiger partial charge on any atom is 0.0867 e. The molecule has 4 atom stereocenters. The third-order valence-electron chi connectivity index (χ3n) is 2.38. The van der Waals surface area contributed by atoms with Gasteiger partial charge in [-0.2, -0.15) is 0 Å². The van der Waals surface area contributed by atoms with Crippen molar-refractivity contribution in [3.8, 4) is 0 Å². The fourth-order valence-electron chi connectivity index (χ4n) is 1.77. The van der Waals surface area contributed by atoms with Crippen molar-refractivity contribution in [3.05, 3.63) is 12.2 Å². The normalized spacial score (nSPS) is 54.9. The second kappa shape index (κ2) is 1.58. The van der Waals surface area contributed by atoms with Crippen LogP contribution >= 0.6 is 0 Å². The molecule has 0 aliphatic heterocycles. The fourth-order valence-corrected chi connectivity index (χ4v) is 1.77. The standard InChI is InChI=1S/C7H10O2/c8-6-4-1-2-5(3-4)7(6)9/h1-2,4-9H,3H2/t4-,5+,6+,7-. The molecule has 0 aromatic carbocycles. The van der Waals surface area contributed by atoms with Gasteiger partial charge in [0.05, 0.1) is 12.2 Å². The van der Waals surface area contributed by atoms with E-state index >= 15 is 0 Å². The second-order valence-electron chi connectivity index (χ2n) is 2.93. The van der Waals surface area contributed by atoms with Crippen LogP contribution in [0.15, 0.2) is 12.2 Å². The molecule has 2 aliphatic carbocycles. The molecule has 0 amide bonds. The van der Waals surface area contributed by atoms with E-state index in [1.54, 1.807) is 0 Å². The summed E-state index contributed by atoms with van der Waals surface area (Å²) < 4.78 is 0. The monoisotopic (exact) mass is 126 g/mol. The molecule has 0 aromatic heterocycles. The van der Waals surface area contributed by atoms with Crippen molar-refractivity contribution in [1.29, 1.82) is 0 Å². The van der Waals surface area contributed by atoms with Crippen molar-refractivity contribution in [1.82, 2.24) is 0 Å². The van der Waals surface area contributed by atoms with E-state index < -0.39 is 12.2 Å². The minimum absolute atomic E-state index is 0.241. The summed E-state index contributed by atoms with van der Waals surface area (Å²) in [6.45, 7) is 0. The van der Waals surface area contributed by atoms with Gasteiger partial charge in [0.1, 0.15) is 0 Å². The van der Waals surface area contributed by atoms with Gasteiger partial charge in [-0.1, -0.05) is 12.2 Å². The van der Waals surface area contributed by atoms with Crippen LogP contribution in [0.25, 0.3) is 0 Å². The topological polar surface area (TPSA) is 40.5 Å². The van der Waals surface area contributed by atoms with Crippen molar-refractivity contribution in [2.24, 2.45) is 11.8 Å². The van der Waals surface area contributed by atoms with E-state index in [1.165, 1.54) is 0 Å². The molecule has 2 heteroatoms. The minimum atomic E-state index is -0.486. The largest absolute Gasteiger partial charge is 0.390 e. The van der Waals surface area contributed by atoms with Gasteiger partial charge in [0.25, 0.3) is 0 Å². The third-order valence-corrected chi connectivity index (χ3v) is 2.38. The molecular weight excluding hydrogens is 116 g/mol. The van der Waals surface area contributed by atoms with E-state index in [-0.39, 0.29) is 11.8 Å². The van der Waals surface area contributed by atoms with Crippen molar-refractivity contribution in [2.75, 3.05) is 0 Å². The Bertz CT molecular complexity index is 137. The maximum absolute atomic E-state index is 9.19. The van der Waals surface area contributed by atoms with Crippen LogP contribution in [0.5, 0.6) is 0 Å². The van der Waals surface area contributed by atoms with Crippen LogP contribution in [0.3, 0.4) is 0 Å². The first-order valence-corrected chi connectivity index (χ1v) is 3.33. The molecule has 0 radical (unpaired) electrons. The average molecular weight is 126 g/mol. The summed E-state index contributed by atoms with van der Waals surface area (Å²) in [5.74, 6) is 0.481. The van der Waals surface area contributed by atoms with Gasteiger partial charge in [0.15, 0.2) is 0 Å². The Kier molecular flexibility index (Phi) is 0.957. The zero-order chi connectivity index (χ0) is 6.43. The number of rotatable bonds is 0. The van der Waals surface area contributed by atoms with Crippen molar-refractivity contribution in [3.63, 3.8) is 0 Å². The van der Waals surface area contributed by atoms with E-state index in [4.69, 9.17) is 0 Å². The van der Waals surface area contributed by atoms with E-state index in [1.807, 2.05) is 12.2 Å². The smallest absolute Gasteiger partial charge is 0.0867 e. The van der Waals surface area contributed by atoms with Gasteiger partial charge in [-0.15, -0.1) is 0 Å². The van der Waals surface area contributed by atoms with E-state index in [9.17, 15) is 10.2 Å². The van der Waals surface area contributed by atoms with Crippen LogP contribution in [0.1, 0.15) is 6.42 Å². The first-order valence-electron chi connectivity index (χ1n) is 3.33. The number of aliphatic hydroxyl groups is 2. The van der Waals surface area contributed by atoms with Crippen LogP contribution in [0.4, 0.5) is 0 Å². The predicted octanol–water partition coefficient (Wildman–Crippen LogP) is -0.0859. The van der Waals surface area contributed by atoms with Crippen molar-refractivity contribution < 1.29 is 10.2 Å². The Morgan fingerprint density at radius 2 is 1.44 bits per heavy atom. The lowest BCUT2D eigenvalue weighted by Gasteiger charge is -2.17. The fraction of sp³-hybridized carbons (Fsp3) is 0.714. The Labute approximate surface area is 53.8 Å². The first kappa shape index (κ1) is 5.45. The molecule has 50 valence electrons. The summed E-state index contributed by atoms with van der Waals surface area (Å²) >= 11 is 0. The van der Waals surface area contributed by atoms with Crippen LogP contribution < -0.4 is 0 Å². The highest BCUT2D eigenvalue weighted by Crippen LogP contribution is 2.38. The lowest BCUT2D eigenvalue weighted by molar-refractivity contribution is 0.0135. The highest BCUT2D eigenvalue weighted by Gasteiger charge is 2.42. The molecule has 0 unspecified atom stereocenters. The number of hydrogen-bond donors (Lipinski definition) is 2. The van der Waals surface area contributed by atoms with Crippen LogP contribution in [0.2, 0.25) is 0 Å². The van der Waals surface area contributed by atoms with Gasteiger partial charge < -0.3 is 10.2 Å². The minimum Gasteiger partial charge on any atom is -0.390 e. The predicted molar refractivity (Wildman–Crippen MR) is 32.8 cm³/mol. The molecule has 2 N–H and O–H groups in total. The SMILES string of the molecule is O[C@@H]1[C@H](O)[C@H]2C=C[C@@H]1C2. The van der Waals surface area contributed by atoms with Gasteiger partial charge >= 0.3 is 0 Å². The van der Waals surface area contributed by atoms with Gasteiger partial charge in [-0.25, -0.2) is 0 Å². The number of fused-ring (bicyclic) bond motifs is 2. The molecular formula is C7H10O2. The molecule has 2 aliphatic rings. The van der Waals surface area contributed by atoms with Crippen LogP contribution in [-0.2, 0) is 0 Å². The first-order chi connectivity index (χ1) is 4.29. The molecule has 0 heterocycles. The summed E-state index contributed by atoms with van der Waals surface area (Å²) in [5.41, 5.74) is 0. The lowest BCUT2D eigenvalue weighted by Crippen LogP contribution is -2.29. The summed E-state index contributed by atoms with van der Waals surface area (Å²) in [4.78, 5) is 0. The molecule has 0 spiro atoms. The molecule has 1 fully saturated rings. The van der Waals surface area contributed by atoms with E-state index in [0.717, 1.165) is 6.42 Å². The lowest BCUT2D eigenvalue weighted by atomic mass is 10.0.